The number of aromatic nitrogens is 2. The van der Waals surface area contributed by atoms with Gasteiger partial charge in [0, 0.05) is 10.7 Å². The van der Waals surface area contributed by atoms with Gasteiger partial charge < -0.3 is 10.1 Å². The highest BCUT2D eigenvalue weighted by Crippen LogP contribution is 2.14. The summed E-state index contributed by atoms with van der Waals surface area (Å²) in [4.78, 5) is 12.2. The predicted octanol–water partition coefficient (Wildman–Crippen LogP) is 3.88. The molecule has 1 heterocycles. The van der Waals surface area contributed by atoms with E-state index >= 15 is 0 Å². The Bertz CT molecular complexity index is 842. The van der Waals surface area contributed by atoms with E-state index in [9.17, 15) is 4.79 Å². The molecule has 0 aliphatic rings. The van der Waals surface area contributed by atoms with Gasteiger partial charge in [-0.05, 0) is 35.4 Å². The molecule has 3 aromatic rings. The molecule has 0 unspecified atom stereocenters. The number of methoxy groups -OCH3 is 1. The van der Waals surface area contributed by atoms with Crippen LogP contribution in [0.3, 0.4) is 0 Å². The fourth-order valence-corrected chi connectivity index (χ4v) is 2.69. The second kappa shape index (κ2) is 7.98. The van der Waals surface area contributed by atoms with Crippen LogP contribution < -0.4 is 10.1 Å². The third kappa shape index (κ3) is 4.93. The fourth-order valence-electron chi connectivity index (χ4n) is 2.43. The minimum absolute atomic E-state index is 0.0756. The van der Waals surface area contributed by atoms with Crippen molar-refractivity contribution >= 4 is 27.5 Å². The van der Waals surface area contributed by atoms with E-state index in [4.69, 9.17) is 4.74 Å². The monoisotopic (exact) mass is 399 g/mol. The lowest BCUT2D eigenvalue weighted by atomic mass is 10.1. The Morgan fingerprint density at radius 3 is 2.48 bits per heavy atom. The highest BCUT2D eigenvalue weighted by Gasteiger charge is 2.07. The maximum absolute atomic E-state index is 12.2. The van der Waals surface area contributed by atoms with Crippen LogP contribution in [0.2, 0.25) is 0 Å². The molecule has 0 aliphatic carbocycles. The van der Waals surface area contributed by atoms with Crippen molar-refractivity contribution in [1.29, 1.82) is 0 Å². The van der Waals surface area contributed by atoms with E-state index in [1.807, 2.05) is 54.7 Å². The van der Waals surface area contributed by atoms with Crippen molar-refractivity contribution in [2.24, 2.45) is 0 Å². The first-order valence-corrected chi connectivity index (χ1v) is 8.61. The summed E-state index contributed by atoms with van der Waals surface area (Å²) in [6.07, 6.45) is 3.79. The third-order valence-corrected chi connectivity index (χ3v) is 4.23. The molecule has 0 fully saturated rings. The largest absolute Gasteiger partial charge is 0.497 e. The molecular weight excluding hydrogens is 382 g/mol. The number of anilines is 1. The Kier molecular flexibility index (Phi) is 5.50. The van der Waals surface area contributed by atoms with Gasteiger partial charge in [0.25, 0.3) is 0 Å². The first kappa shape index (κ1) is 17.2. The number of rotatable bonds is 6. The number of hydrogen-bond acceptors (Lipinski definition) is 3. The molecule has 0 saturated carbocycles. The summed E-state index contributed by atoms with van der Waals surface area (Å²) >= 11 is 3.42. The summed E-state index contributed by atoms with van der Waals surface area (Å²) < 4.78 is 7.96. The first-order valence-electron chi connectivity index (χ1n) is 7.82. The lowest BCUT2D eigenvalue weighted by Gasteiger charge is -2.04. The molecule has 3 rings (SSSR count). The number of hydrogen-bond donors (Lipinski definition) is 1. The van der Waals surface area contributed by atoms with Crippen molar-refractivity contribution in [2.75, 3.05) is 12.4 Å². The molecule has 0 atom stereocenters. The molecule has 25 heavy (non-hydrogen) atoms. The molecule has 1 amide bonds. The molecule has 0 radical (unpaired) electrons. The Morgan fingerprint density at radius 1 is 1.12 bits per heavy atom. The van der Waals surface area contributed by atoms with Crippen LogP contribution in [0.15, 0.2) is 65.4 Å². The summed E-state index contributed by atoms with van der Waals surface area (Å²) in [5.74, 6) is 0.701. The van der Waals surface area contributed by atoms with Gasteiger partial charge in [-0.2, -0.15) is 5.10 Å². The summed E-state index contributed by atoms with van der Waals surface area (Å²) in [6, 6.07) is 15.5. The molecular formula is C19H18BrN3O2. The van der Waals surface area contributed by atoms with Gasteiger partial charge in [0.15, 0.2) is 0 Å². The number of nitrogens with one attached hydrogen (secondary N) is 1. The minimum atomic E-state index is -0.0756. The average molecular weight is 400 g/mol. The molecule has 2 aromatic carbocycles. The first-order chi connectivity index (χ1) is 12.1. The van der Waals surface area contributed by atoms with Gasteiger partial charge in [0.1, 0.15) is 5.75 Å². The van der Waals surface area contributed by atoms with Crippen molar-refractivity contribution in [2.45, 2.75) is 13.0 Å². The summed E-state index contributed by atoms with van der Waals surface area (Å²) in [5.41, 5.74) is 2.76. The third-order valence-electron chi connectivity index (χ3n) is 3.70. The summed E-state index contributed by atoms with van der Waals surface area (Å²) in [7, 11) is 1.62. The number of carbonyl (C=O) groups is 1. The average Bonchev–Trinajstić information content (AvgIpc) is 3.04. The van der Waals surface area contributed by atoms with E-state index in [1.165, 1.54) is 0 Å². The number of amides is 1. The van der Waals surface area contributed by atoms with Crippen molar-refractivity contribution in [3.8, 4) is 5.75 Å². The predicted molar refractivity (Wildman–Crippen MR) is 101 cm³/mol. The number of nitrogens with zero attached hydrogens (tertiary/aromatic N) is 2. The maximum Gasteiger partial charge on any atom is 0.228 e. The SMILES string of the molecule is COc1ccc(CC(=O)Nc2cnn(Cc3ccc(Br)cc3)c2)cc1. The zero-order chi connectivity index (χ0) is 17.6. The quantitative estimate of drug-likeness (QED) is 0.683. The highest BCUT2D eigenvalue weighted by molar-refractivity contribution is 9.10. The summed E-state index contributed by atoms with van der Waals surface area (Å²) in [6.45, 7) is 0.654. The van der Waals surface area contributed by atoms with E-state index in [0.717, 1.165) is 21.3 Å². The minimum Gasteiger partial charge on any atom is -0.497 e. The van der Waals surface area contributed by atoms with E-state index in [0.29, 0.717) is 18.7 Å². The van der Waals surface area contributed by atoms with Crippen LogP contribution in [0, 0.1) is 0 Å². The van der Waals surface area contributed by atoms with E-state index in [2.05, 4.69) is 26.3 Å². The summed E-state index contributed by atoms with van der Waals surface area (Å²) in [5, 5.41) is 7.16. The number of benzene rings is 2. The molecule has 0 bridgehead atoms. The van der Waals surface area contributed by atoms with Crippen molar-refractivity contribution in [3.05, 3.63) is 76.5 Å². The van der Waals surface area contributed by atoms with Crippen LogP contribution in [0.1, 0.15) is 11.1 Å². The fraction of sp³-hybridized carbons (Fsp3) is 0.158. The van der Waals surface area contributed by atoms with Crippen LogP contribution in [0.4, 0.5) is 5.69 Å². The van der Waals surface area contributed by atoms with E-state index in [1.54, 1.807) is 18.0 Å². The Morgan fingerprint density at radius 2 is 1.80 bits per heavy atom. The smallest absolute Gasteiger partial charge is 0.228 e. The van der Waals surface area contributed by atoms with Crippen molar-refractivity contribution < 1.29 is 9.53 Å². The van der Waals surface area contributed by atoms with Crippen LogP contribution >= 0.6 is 15.9 Å². The topological polar surface area (TPSA) is 56.1 Å². The van der Waals surface area contributed by atoms with Gasteiger partial charge in [-0.15, -0.1) is 0 Å². The normalized spacial score (nSPS) is 10.5. The van der Waals surface area contributed by atoms with E-state index < -0.39 is 0 Å². The lowest BCUT2D eigenvalue weighted by Crippen LogP contribution is -2.14. The van der Waals surface area contributed by atoms with Crippen LogP contribution in [-0.4, -0.2) is 22.8 Å². The molecule has 0 aliphatic heterocycles. The second-order valence-electron chi connectivity index (χ2n) is 5.63. The van der Waals surface area contributed by atoms with Gasteiger partial charge >= 0.3 is 0 Å². The molecule has 0 saturated heterocycles. The second-order valence-corrected chi connectivity index (χ2v) is 6.54. The molecule has 0 spiro atoms. The Labute approximate surface area is 154 Å². The highest BCUT2D eigenvalue weighted by atomic mass is 79.9. The number of carbonyl (C=O) groups excluding carboxylic acids is 1. The maximum atomic E-state index is 12.2. The Hall–Kier alpha value is -2.60. The van der Waals surface area contributed by atoms with Crippen molar-refractivity contribution in [3.63, 3.8) is 0 Å². The van der Waals surface area contributed by atoms with Crippen LogP contribution in [0.5, 0.6) is 5.75 Å². The molecule has 1 N–H and O–H groups in total. The van der Waals surface area contributed by atoms with Gasteiger partial charge in [0.05, 0.1) is 32.0 Å². The van der Waals surface area contributed by atoms with Crippen molar-refractivity contribution in [1.82, 2.24) is 9.78 Å². The van der Waals surface area contributed by atoms with Gasteiger partial charge in [-0.1, -0.05) is 40.2 Å². The number of ether oxygens (including phenoxy) is 1. The van der Waals surface area contributed by atoms with E-state index in [-0.39, 0.29) is 5.91 Å². The molecule has 128 valence electrons. The van der Waals surface area contributed by atoms with Gasteiger partial charge in [-0.3, -0.25) is 9.48 Å². The molecule has 1 aromatic heterocycles. The zero-order valence-corrected chi connectivity index (χ0v) is 15.4. The zero-order valence-electron chi connectivity index (χ0n) is 13.8. The molecule has 6 heteroatoms. The standard InChI is InChI=1S/C19H18BrN3O2/c1-25-18-8-4-14(5-9-18)10-19(24)22-17-11-21-23(13-17)12-15-2-6-16(20)7-3-15/h2-9,11,13H,10,12H2,1H3,(H,22,24). The number of halogens is 1. The van der Waals surface area contributed by atoms with Gasteiger partial charge in [0.2, 0.25) is 5.91 Å². The molecule has 5 nitrogen and oxygen atoms in total. The van der Waals surface area contributed by atoms with Crippen LogP contribution in [0.25, 0.3) is 0 Å². The van der Waals surface area contributed by atoms with Gasteiger partial charge in [-0.25, -0.2) is 0 Å². The van der Waals surface area contributed by atoms with Crippen LogP contribution in [-0.2, 0) is 17.8 Å². The lowest BCUT2D eigenvalue weighted by molar-refractivity contribution is -0.115. The Balaban J connectivity index is 1.56.